The summed E-state index contributed by atoms with van der Waals surface area (Å²) < 4.78 is 4.93. The second-order valence-corrected chi connectivity index (χ2v) is 6.02. The van der Waals surface area contributed by atoms with Gasteiger partial charge in [0.05, 0.1) is 6.61 Å². The minimum Gasteiger partial charge on any atom is -0.383 e. The van der Waals surface area contributed by atoms with Crippen LogP contribution in [-0.2, 0) is 4.74 Å². The van der Waals surface area contributed by atoms with Crippen LogP contribution in [0.1, 0.15) is 44.9 Å². The molecular formula is C15H29N3O2. The molecule has 5 nitrogen and oxygen atoms in total. The van der Waals surface area contributed by atoms with E-state index >= 15 is 0 Å². The van der Waals surface area contributed by atoms with Gasteiger partial charge < -0.3 is 15.4 Å². The molecule has 0 bridgehead atoms. The maximum atomic E-state index is 11.8. The monoisotopic (exact) mass is 283 g/mol. The highest BCUT2D eigenvalue weighted by molar-refractivity contribution is 5.74. The maximum Gasteiger partial charge on any atom is 0.315 e. The van der Waals surface area contributed by atoms with Crippen LogP contribution in [0.5, 0.6) is 0 Å². The number of piperidine rings is 1. The third kappa shape index (κ3) is 4.94. The molecule has 0 unspecified atom stereocenters. The van der Waals surface area contributed by atoms with Crippen molar-refractivity contribution >= 4 is 6.03 Å². The third-order valence-corrected chi connectivity index (χ3v) is 4.47. The number of amides is 2. The van der Waals surface area contributed by atoms with Gasteiger partial charge in [0.15, 0.2) is 0 Å². The highest BCUT2D eigenvalue weighted by Crippen LogP contribution is 2.25. The number of methoxy groups -OCH3 is 1. The maximum absolute atomic E-state index is 11.8. The van der Waals surface area contributed by atoms with Gasteiger partial charge in [0.25, 0.3) is 0 Å². The predicted molar refractivity (Wildman–Crippen MR) is 79.9 cm³/mol. The molecule has 2 rings (SSSR count). The second kappa shape index (κ2) is 8.47. The molecule has 1 aliphatic heterocycles. The van der Waals surface area contributed by atoms with Gasteiger partial charge in [-0.3, -0.25) is 4.90 Å². The standard InChI is InChI=1S/C15H29N3O2/c1-20-11-9-16-15(19)17-13-6-5-10-18(12-13)14-7-3-2-4-8-14/h13-14H,2-12H2,1H3,(H2,16,17,19)/t13-/m1/s1. The SMILES string of the molecule is COCCNC(=O)N[C@@H]1CCCN(C2CCCCC2)C1. The number of likely N-dealkylation sites (tertiary alicyclic amines) is 1. The third-order valence-electron chi connectivity index (χ3n) is 4.47. The topological polar surface area (TPSA) is 53.6 Å². The molecule has 1 atom stereocenters. The normalized spacial score (nSPS) is 25.4. The Labute approximate surface area is 122 Å². The van der Waals surface area contributed by atoms with Crippen molar-refractivity contribution in [3.05, 3.63) is 0 Å². The Morgan fingerprint density at radius 1 is 1.20 bits per heavy atom. The van der Waals surface area contributed by atoms with Crippen molar-refractivity contribution in [2.45, 2.75) is 57.0 Å². The number of hydrogen-bond donors (Lipinski definition) is 2. The van der Waals surface area contributed by atoms with Gasteiger partial charge in [-0.05, 0) is 32.2 Å². The van der Waals surface area contributed by atoms with E-state index in [4.69, 9.17) is 4.74 Å². The van der Waals surface area contributed by atoms with Crippen molar-refractivity contribution < 1.29 is 9.53 Å². The van der Waals surface area contributed by atoms with Crippen molar-refractivity contribution in [3.8, 4) is 0 Å². The molecule has 0 aromatic heterocycles. The summed E-state index contributed by atoms with van der Waals surface area (Å²) in [6.45, 7) is 3.35. The molecule has 2 aliphatic rings. The van der Waals surface area contributed by atoms with E-state index in [0.717, 1.165) is 19.0 Å². The predicted octanol–water partition coefficient (Wildman–Crippen LogP) is 1.73. The van der Waals surface area contributed by atoms with Crippen LogP contribution in [0.3, 0.4) is 0 Å². The zero-order chi connectivity index (χ0) is 14.2. The zero-order valence-electron chi connectivity index (χ0n) is 12.7. The van der Waals surface area contributed by atoms with E-state index < -0.39 is 0 Å². The van der Waals surface area contributed by atoms with Gasteiger partial charge in [-0.15, -0.1) is 0 Å². The second-order valence-electron chi connectivity index (χ2n) is 6.02. The van der Waals surface area contributed by atoms with E-state index in [-0.39, 0.29) is 6.03 Å². The fraction of sp³-hybridized carbons (Fsp3) is 0.933. The van der Waals surface area contributed by atoms with Crippen LogP contribution in [0.2, 0.25) is 0 Å². The number of urea groups is 1. The van der Waals surface area contributed by atoms with E-state index in [9.17, 15) is 4.79 Å². The molecule has 2 fully saturated rings. The molecule has 1 saturated carbocycles. The molecule has 0 spiro atoms. The van der Waals surface area contributed by atoms with Gasteiger partial charge in [-0.25, -0.2) is 4.79 Å². The molecule has 0 aromatic carbocycles. The lowest BCUT2D eigenvalue weighted by Crippen LogP contribution is -2.53. The molecule has 1 heterocycles. The van der Waals surface area contributed by atoms with Crippen molar-refractivity contribution in [2.75, 3.05) is 33.4 Å². The van der Waals surface area contributed by atoms with Crippen LogP contribution in [0.15, 0.2) is 0 Å². The highest BCUT2D eigenvalue weighted by atomic mass is 16.5. The Hall–Kier alpha value is -0.810. The van der Waals surface area contributed by atoms with E-state index in [1.807, 2.05) is 0 Å². The smallest absolute Gasteiger partial charge is 0.315 e. The fourth-order valence-corrected chi connectivity index (χ4v) is 3.41. The molecule has 0 aromatic rings. The van der Waals surface area contributed by atoms with Gasteiger partial charge in [-0.1, -0.05) is 19.3 Å². The minimum absolute atomic E-state index is 0.0578. The van der Waals surface area contributed by atoms with Crippen LogP contribution in [0.4, 0.5) is 4.79 Å². The molecule has 1 aliphatic carbocycles. The number of nitrogens with one attached hydrogen (secondary N) is 2. The Kier molecular flexibility index (Phi) is 6.60. The van der Waals surface area contributed by atoms with E-state index in [1.165, 1.54) is 45.1 Å². The first kappa shape index (κ1) is 15.6. The highest BCUT2D eigenvalue weighted by Gasteiger charge is 2.27. The summed E-state index contributed by atoms with van der Waals surface area (Å²) in [6.07, 6.45) is 9.11. The summed E-state index contributed by atoms with van der Waals surface area (Å²) in [5.41, 5.74) is 0. The molecule has 1 saturated heterocycles. The van der Waals surface area contributed by atoms with Crippen LogP contribution in [-0.4, -0.2) is 56.4 Å². The Balaban J connectivity index is 1.71. The zero-order valence-corrected chi connectivity index (χ0v) is 12.7. The Morgan fingerprint density at radius 2 is 2.00 bits per heavy atom. The average Bonchev–Trinajstić information content (AvgIpc) is 2.49. The lowest BCUT2D eigenvalue weighted by Gasteiger charge is -2.40. The van der Waals surface area contributed by atoms with Crippen LogP contribution in [0.25, 0.3) is 0 Å². The first-order valence-corrected chi connectivity index (χ1v) is 8.07. The molecule has 116 valence electrons. The number of carbonyl (C=O) groups is 1. The number of hydrogen-bond acceptors (Lipinski definition) is 3. The summed E-state index contributed by atoms with van der Waals surface area (Å²) in [4.78, 5) is 14.4. The van der Waals surface area contributed by atoms with E-state index in [0.29, 0.717) is 19.2 Å². The summed E-state index contributed by atoms with van der Waals surface area (Å²) >= 11 is 0. The van der Waals surface area contributed by atoms with Gasteiger partial charge in [0, 0.05) is 32.3 Å². The summed E-state index contributed by atoms with van der Waals surface area (Å²) in [5, 5.41) is 5.93. The molecule has 20 heavy (non-hydrogen) atoms. The summed E-state index contributed by atoms with van der Waals surface area (Å²) in [7, 11) is 1.64. The first-order chi connectivity index (χ1) is 9.79. The minimum atomic E-state index is -0.0578. The lowest BCUT2D eigenvalue weighted by molar-refractivity contribution is 0.112. The van der Waals surface area contributed by atoms with Crippen LogP contribution < -0.4 is 10.6 Å². The Morgan fingerprint density at radius 3 is 2.75 bits per heavy atom. The average molecular weight is 283 g/mol. The van der Waals surface area contributed by atoms with Crippen molar-refractivity contribution in [1.29, 1.82) is 0 Å². The van der Waals surface area contributed by atoms with Crippen molar-refractivity contribution in [1.82, 2.24) is 15.5 Å². The van der Waals surface area contributed by atoms with E-state index in [1.54, 1.807) is 7.11 Å². The fourth-order valence-electron chi connectivity index (χ4n) is 3.41. The number of ether oxygens (including phenoxy) is 1. The summed E-state index contributed by atoms with van der Waals surface area (Å²) in [5.74, 6) is 0. The number of carbonyl (C=O) groups excluding carboxylic acids is 1. The van der Waals surface area contributed by atoms with Crippen LogP contribution in [0, 0.1) is 0 Å². The van der Waals surface area contributed by atoms with Gasteiger partial charge in [0.2, 0.25) is 0 Å². The molecule has 2 N–H and O–H groups in total. The molecular weight excluding hydrogens is 254 g/mol. The van der Waals surface area contributed by atoms with Crippen molar-refractivity contribution in [2.24, 2.45) is 0 Å². The first-order valence-electron chi connectivity index (χ1n) is 8.07. The van der Waals surface area contributed by atoms with Gasteiger partial charge in [0.1, 0.15) is 0 Å². The van der Waals surface area contributed by atoms with Crippen molar-refractivity contribution in [3.63, 3.8) is 0 Å². The number of rotatable bonds is 5. The van der Waals surface area contributed by atoms with Crippen LogP contribution >= 0.6 is 0 Å². The molecule has 2 amide bonds. The molecule has 5 heteroatoms. The van der Waals surface area contributed by atoms with Gasteiger partial charge >= 0.3 is 6.03 Å². The molecule has 0 radical (unpaired) electrons. The number of nitrogens with zero attached hydrogens (tertiary/aromatic N) is 1. The quantitative estimate of drug-likeness (QED) is 0.756. The van der Waals surface area contributed by atoms with Gasteiger partial charge in [-0.2, -0.15) is 0 Å². The van der Waals surface area contributed by atoms with E-state index in [2.05, 4.69) is 15.5 Å². The lowest BCUT2D eigenvalue weighted by atomic mass is 9.92. The largest absolute Gasteiger partial charge is 0.383 e. The summed E-state index contributed by atoms with van der Waals surface area (Å²) in [6, 6.07) is 0.996. The Bertz CT molecular complexity index is 293.